The quantitative estimate of drug-likeness (QED) is 0.748. The van der Waals surface area contributed by atoms with E-state index in [4.69, 9.17) is 22.3 Å². The molecular weight excluding hydrogens is 292 g/mol. The summed E-state index contributed by atoms with van der Waals surface area (Å²) in [5, 5.41) is 0. The van der Waals surface area contributed by atoms with E-state index in [-0.39, 0.29) is 0 Å². The largest absolute Gasteiger partial charge is 0.394 e. The number of ether oxygens (including phenoxy) is 1. The van der Waals surface area contributed by atoms with Crippen molar-refractivity contribution in [2.45, 2.75) is 52.7 Å². The van der Waals surface area contributed by atoms with Crippen molar-refractivity contribution < 1.29 is 22.3 Å². The zero-order chi connectivity index (χ0) is 16.3. The molecule has 0 aromatic heterocycles. The third kappa shape index (κ3) is 17.0. The van der Waals surface area contributed by atoms with Crippen molar-refractivity contribution in [2.75, 3.05) is 0 Å². The lowest BCUT2D eigenvalue weighted by molar-refractivity contribution is 0.0454. The van der Waals surface area contributed by atoms with Gasteiger partial charge in [0.05, 0.1) is 12.7 Å². The number of hydrogen-bond acceptors (Lipinski definition) is 3. The average molecular weight is 318 g/mol. The lowest BCUT2D eigenvalue weighted by Crippen LogP contribution is -2.08. The summed E-state index contributed by atoms with van der Waals surface area (Å²) in [6.07, 6.45) is 4.12. The van der Waals surface area contributed by atoms with Crippen LogP contribution in [0.5, 0.6) is 0 Å². The topological polar surface area (TPSA) is 83.8 Å². The maximum atomic E-state index is 8.74. The van der Waals surface area contributed by atoms with Crippen molar-refractivity contribution >= 4 is 10.4 Å². The molecule has 1 aromatic carbocycles. The van der Waals surface area contributed by atoms with Gasteiger partial charge in [-0.1, -0.05) is 57.0 Å². The van der Waals surface area contributed by atoms with Gasteiger partial charge in [-0.15, -0.1) is 0 Å². The molecule has 0 saturated heterocycles. The van der Waals surface area contributed by atoms with E-state index in [9.17, 15) is 0 Å². The first kappa shape index (κ1) is 20.1. The third-order valence-corrected chi connectivity index (χ3v) is 2.77. The van der Waals surface area contributed by atoms with Crippen LogP contribution in [0.1, 0.15) is 45.6 Å². The highest BCUT2D eigenvalue weighted by Gasteiger charge is 2.03. The second-order valence-electron chi connectivity index (χ2n) is 5.38. The zero-order valence-corrected chi connectivity index (χ0v) is 13.7. The molecule has 0 aliphatic carbocycles. The zero-order valence-electron chi connectivity index (χ0n) is 12.9. The van der Waals surface area contributed by atoms with Gasteiger partial charge >= 0.3 is 10.4 Å². The van der Waals surface area contributed by atoms with Gasteiger partial charge in [-0.3, -0.25) is 9.11 Å². The fourth-order valence-electron chi connectivity index (χ4n) is 1.71. The van der Waals surface area contributed by atoms with Crippen LogP contribution in [0, 0.1) is 5.92 Å². The van der Waals surface area contributed by atoms with Crippen LogP contribution < -0.4 is 0 Å². The Labute approximate surface area is 127 Å². The summed E-state index contributed by atoms with van der Waals surface area (Å²) in [6, 6.07) is 10.4. The highest BCUT2D eigenvalue weighted by molar-refractivity contribution is 7.79. The van der Waals surface area contributed by atoms with Gasteiger partial charge in [0, 0.05) is 0 Å². The summed E-state index contributed by atoms with van der Waals surface area (Å²) in [5.74, 6) is 0.807. The summed E-state index contributed by atoms with van der Waals surface area (Å²) in [7, 11) is -4.67. The van der Waals surface area contributed by atoms with Gasteiger partial charge in [0.25, 0.3) is 0 Å². The second-order valence-corrected chi connectivity index (χ2v) is 6.28. The minimum absolute atomic E-state index is 0.374. The normalized spacial score (nSPS) is 12.7. The summed E-state index contributed by atoms with van der Waals surface area (Å²) in [5.41, 5.74) is 1.26. The van der Waals surface area contributed by atoms with Crippen LogP contribution in [0.15, 0.2) is 30.3 Å². The van der Waals surface area contributed by atoms with Gasteiger partial charge < -0.3 is 4.74 Å². The number of rotatable bonds is 7. The van der Waals surface area contributed by atoms with E-state index in [1.807, 2.05) is 6.07 Å². The molecule has 6 heteroatoms. The SMILES string of the molecule is CC(C)CCCC(C)OCc1ccccc1.O=S(=O)(O)O. The van der Waals surface area contributed by atoms with Gasteiger partial charge in [0.1, 0.15) is 0 Å². The molecule has 0 radical (unpaired) electrons. The molecule has 0 aliphatic rings. The van der Waals surface area contributed by atoms with E-state index >= 15 is 0 Å². The predicted octanol–water partition coefficient (Wildman–Crippen LogP) is 3.77. The molecule has 0 amide bonds. The maximum Gasteiger partial charge on any atom is 0.394 e. The van der Waals surface area contributed by atoms with E-state index in [1.54, 1.807) is 0 Å². The van der Waals surface area contributed by atoms with Crippen LogP contribution in [0.3, 0.4) is 0 Å². The molecule has 0 aliphatic heterocycles. The van der Waals surface area contributed by atoms with Crippen LogP contribution in [-0.2, 0) is 21.7 Å². The van der Waals surface area contributed by atoms with Gasteiger partial charge in [0.15, 0.2) is 0 Å². The molecule has 0 spiro atoms. The van der Waals surface area contributed by atoms with Crippen LogP contribution >= 0.6 is 0 Å². The van der Waals surface area contributed by atoms with E-state index < -0.39 is 10.4 Å². The van der Waals surface area contributed by atoms with Gasteiger partial charge in [-0.2, -0.15) is 8.42 Å². The van der Waals surface area contributed by atoms with E-state index in [0.29, 0.717) is 6.10 Å². The molecule has 5 nitrogen and oxygen atoms in total. The summed E-state index contributed by atoms with van der Waals surface area (Å²) in [6.45, 7) is 7.46. The van der Waals surface area contributed by atoms with Crippen molar-refractivity contribution in [3.8, 4) is 0 Å². The fourth-order valence-corrected chi connectivity index (χ4v) is 1.71. The third-order valence-electron chi connectivity index (χ3n) is 2.77. The Balaban J connectivity index is 0.000000690. The minimum Gasteiger partial charge on any atom is -0.374 e. The average Bonchev–Trinajstić information content (AvgIpc) is 2.35. The molecule has 1 aromatic rings. The molecule has 0 saturated carbocycles. The van der Waals surface area contributed by atoms with E-state index in [1.165, 1.54) is 24.8 Å². The van der Waals surface area contributed by atoms with E-state index in [0.717, 1.165) is 12.5 Å². The molecule has 0 heterocycles. The Morgan fingerprint density at radius 1 is 1.05 bits per heavy atom. The molecule has 2 N–H and O–H groups in total. The van der Waals surface area contributed by atoms with Crippen molar-refractivity contribution in [3.63, 3.8) is 0 Å². The molecule has 1 rings (SSSR count). The Morgan fingerprint density at radius 3 is 2.05 bits per heavy atom. The molecule has 122 valence electrons. The summed E-state index contributed by atoms with van der Waals surface area (Å²) < 4.78 is 37.4. The van der Waals surface area contributed by atoms with Gasteiger partial charge in [-0.25, -0.2) is 0 Å². The van der Waals surface area contributed by atoms with Crippen LogP contribution in [0.25, 0.3) is 0 Å². The smallest absolute Gasteiger partial charge is 0.374 e. The maximum absolute atomic E-state index is 8.74. The minimum atomic E-state index is -4.67. The van der Waals surface area contributed by atoms with Crippen LogP contribution in [-0.4, -0.2) is 23.6 Å². The molecule has 1 atom stereocenters. The van der Waals surface area contributed by atoms with Crippen LogP contribution in [0.2, 0.25) is 0 Å². The summed E-state index contributed by atoms with van der Waals surface area (Å²) >= 11 is 0. The molecular formula is C15H26O5S. The Morgan fingerprint density at radius 2 is 1.57 bits per heavy atom. The first-order chi connectivity index (χ1) is 9.68. The number of benzene rings is 1. The highest BCUT2D eigenvalue weighted by atomic mass is 32.3. The predicted molar refractivity (Wildman–Crippen MR) is 83.6 cm³/mol. The monoisotopic (exact) mass is 318 g/mol. The fraction of sp³-hybridized carbons (Fsp3) is 0.600. The van der Waals surface area contributed by atoms with Crippen molar-refractivity contribution in [1.82, 2.24) is 0 Å². The first-order valence-corrected chi connectivity index (χ1v) is 8.43. The van der Waals surface area contributed by atoms with Crippen LogP contribution in [0.4, 0.5) is 0 Å². The first-order valence-electron chi connectivity index (χ1n) is 7.04. The second kappa shape index (κ2) is 10.7. The Bertz CT molecular complexity index is 448. The van der Waals surface area contributed by atoms with Gasteiger partial charge in [0.2, 0.25) is 0 Å². The highest BCUT2D eigenvalue weighted by Crippen LogP contribution is 2.11. The Kier molecular flexibility index (Phi) is 10.2. The summed E-state index contributed by atoms with van der Waals surface area (Å²) in [4.78, 5) is 0. The lowest BCUT2D eigenvalue weighted by atomic mass is 10.0. The molecule has 0 bridgehead atoms. The van der Waals surface area contributed by atoms with Crippen molar-refractivity contribution in [1.29, 1.82) is 0 Å². The van der Waals surface area contributed by atoms with Gasteiger partial charge in [-0.05, 0) is 24.8 Å². The molecule has 1 unspecified atom stereocenters. The van der Waals surface area contributed by atoms with Crippen molar-refractivity contribution in [3.05, 3.63) is 35.9 Å². The lowest BCUT2D eigenvalue weighted by Gasteiger charge is -2.13. The van der Waals surface area contributed by atoms with Crippen molar-refractivity contribution in [2.24, 2.45) is 5.92 Å². The molecule has 21 heavy (non-hydrogen) atoms. The van der Waals surface area contributed by atoms with E-state index in [2.05, 4.69) is 45.0 Å². The standard InChI is InChI=1S/C15H24O.H2O4S/c1-13(2)8-7-9-14(3)16-12-15-10-5-4-6-11-15;1-5(2,3)4/h4-6,10-11,13-14H,7-9,12H2,1-3H3;(H2,1,2,3,4). The number of hydrogen-bond donors (Lipinski definition) is 2. The Hall–Kier alpha value is -0.950. The molecule has 0 fully saturated rings.